The molecule has 84 valence electrons. The topological polar surface area (TPSA) is 43.8 Å². The summed E-state index contributed by atoms with van der Waals surface area (Å²) in [5.74, 6) is -0.226. The Balaban J connectivity index is 3.86. The third-order valence-corrected chi connectivity index (χ3v) is 1.97. The molecule has 1 N–H and O–H groups in total. The Morgan fingerprint density at radius 1 is 1.21 bits per heavy atom. The zero-order valence-corrected chi connectivity index (χ0v) is 9.87. The van der Waals surface area contributed by atoms with E-state index in [9.17, 15) is 9.90 Å². The lowest BCUT2D eigenvalue weighted by Crippen LogP contribution is -2.43. The van der Waals surface area contributed by atoms with Crippen molar-refractivity contribution in [2.45, 2.75) is 25.9 Å². The van der Waals surface area contributed by atoms with Gasteiger partial charge in [0, 0.05) is 13.6 Å². The number of nitrogens with zero attached hydrogens (tertiary/aromatic N) is 2. The molecule has 0 unspecified atom stereocenters. The lowest BCUT2D eigenvalue weighted by atomic mass is 10.1. The highest BCUT2D eigenvalue weighted by Gasteiger charge is 2.26. The van der Waals surface area contributed by atoms with Gasteiger partial charge < -0.3 is 14.9 Å². The SMILES string of the molecule is CN(C)CCCN(C)C(=O)C(C)(C)O. The number of amides is 1. The fraction of sp³-hybridized carbons (Fsp3) is 0.900. The van der Waals surface area contributed by atoms with E-state index < -0.39 is 5.60 Å². The summed E-state index contributed by atoms with van der Waals surface area (Å²) in [6.45, 7) is 4.65. The van der Waals surface area contributed by atoms with E-state index in [1.807, 2.05) is 14.1 Å². The minimum atomic E-state index is -1.26. The molecule has 0 spiro atoms. The van der Waals surface area contributed by atoms with Crippen molar-refractivity contribution in [3.8, 4) is 0 Å². The molecular formula is C10H22N2O2. The Labute approximate surface area is 86.5 Å². The summed E-state index contributed by atoms with van der Waals surface area (Å²) in [6.07, 6.45) is 0.922. The number of likely N-dealkylation sites (N-methyl/N-ethyl adjacent to an activating group) is 1. The first-order valence-corrected chi connectivity index (χ1v) is 4.88. The Morgan fingerprint density at radius 2 is 1.71 bits per heavy atom. The summed E-state index contributed by atoms with van der Waals surface area (Å²) in [5.41, 5.74) is -1.26. The molecule has 0 aromatic rings. The fourth-order valence-electron chi connectivity index (χ4n) is 1.19. The molecule has 0 radical (unpaired) electrons. The molecule has 0 atom stereocenters. The Kier molecular flexibility index (Phi) is 5.08. The van der Waals surface area contributed by atoms with E-state index in [-0.39, 0.29) is 5.91 Å². The molecular weight excluding hydrogens is 180 g/mol. The van der Waals surface area contributed by atoms with Crippen LogP contribution in [0.15, 0.2) is 0 Å². The van der Waals surface area contributed by atoms with Crippen molar-refractivity contribution >= 4 is 5.91 Å². The van der Waals surface area contributed by atoms with Crippen LogP contribution in [0.2, 0.25) is 0 Å². The molecule has 0 rings (SSSR count). The lowest BCUT2D eigenvalue weighted by Gasteiger charge is -2.25. The summed E-state index contributed by atoms with van der Waals surface area (Å²) in [7, 11) is 5.71. The Morgan fingerprint density at radius 3 is 2.07 bits per heavy atom. The molecule has 0 aromatic carbocycles. The Bertz CT molecular complexity index is 185. The number of rotatable bonds is 5. The van der Waals surface area contributed by atoms with Gasteiger partial charge in [-0.25, -0.2) is 0 Å². The third kappa shape index (κ3) is 5.19. The Hall–Kier alpha value is -0.610. The van der Waals surface area contributed by atoms with Gasteiger partial charge >= 0.3 is 0 Å². The van der Waals surface area contributed by atoms with Crippen LogP contribution in [0.5, 0.6) is 0 Å². The number of hydrogen-bond acceptors (Lipinski definition) is 3. The molecule has 0 aliphatic carbocycles. The molecule has 0 bridgehead atoms. The molecule has 0 aromatic heterocycles. The average Bonchev–Trinajstić information content (AvgIpc) is 2.00. The maximum Gasteiger partial charge on any atom is 0.253 e. The van der Waals surface area contributed by atoms with Gasteiger partial charge in [0.25, 0.3) is 5.91 Å². The molecule has 0 saturated heterocycles. The predicted octanol–water partition coefficient (Wildman–Crippen LogP) is 0.167. The normalized spacial score (nSPS) is 11.9. The van der Waals surface area contributed by atoms with E-state index in [0.717, 1.165) is 13.0 Å². The standard InChI is InChI=1S/C10H22N2O2/c1-10(2,14)9(13)12(5)8-6-7-11(3)4/h14H,6-8H2,1-5H3. The van der Waals surface area contributed by atoms with Crippen molar-refractivity contribution in [1.29, 1.82) is 0 Å². The fourth-order valence-corrected chi connectivity index (χ4v) is 1.19. The minimum Gasteiger partial charge on any atom is -0.381 e. The van der Waals surface area contributed by atoms with Crippen LogP contribution in [0, 0.1) is 0 Å². The first-order valence-electron chi connectivity index (χ1n) is 4.88. The van der Waals surface area contributed by atoms with Gasteiger partial charge in [-0.15, -0.1) is 0 Å². The highest BCUT2D eigenvalue weighted by Crippen LogP contribution is 2.05. The van der Waals surface area contributed by atoms with E-state index in [1.54, 1.807) is 11.9 Å². The van der Waals surface area contributed by atoms with Crippen LogP contribution < -0.4 is 0 Å². The van der Waals surface area contributed by atoms with Gasteiger partial charge in [0.15, 0.2) is 0 Å². The van der Waals surface area contributed by atoms with Gasteiger partial charge in [0.1, 0.15) is 5.60 Å². The molecule has 0 saturated carbocycles. The molecule has 14 heavy (non-hydrogen) atoms. The smallest absolute Gasteiger partial charge is 0.253 e. The van der Waals surface area contributed by atoms with Crippen molar-refractivity contribution in [3.63, 3.8) is 0 Å². The van der Waals surface area contributed by atoms with E-state index >= 15 is 0 Å². The van der Waals surface area contributed by atoms with Crippen molar-refractivity contribution in [3.05, 3.63) is 0 Å². The zero-order chi connectivity index (χ0) is 11.4. The van der Waals surface area contributed by atoms with E-state index in [0.29, 0.717) is 6.54 Å². The predicted molar refractivity (Wildman–Crippen MR) is 57.1 cm³/mol. The summed E-state index contributed by atoms with van der Waals surface area (Å²) in [4.78, 5) is 15.1. The highest BCUT2D eigenvalue weighted by atomic mass is 16.3. The molecule has 0 fully saturated rings. The molecule has 0 heterocycles. The summed E-state index contributed by atoms with van der Waals surface area (Å²) in [6, 6.07) is 0. The summed E-state index contributed by atoms with van der Waals surface area (Å²) in [5, 5.41) is 9.46. The first-order chi connectivity index (χ1) is 6.25. The molecule has 0 aliphatic heterocycles. The van der Waals surface area contributed by atoms with Crippen LogP contribution in [0.25, 0.3) is 0 Å². The van der Waals surface area contributed by atoms with Gasteiger partial charge in [-0.3, -0.25) is 4.79 Å². The van der Waals surface area contributed by atoms with Gasteiger partial charge in [0.05, 0.1) is 0 Å². The van der Waals surface area contributed by atoms with Crippen LogP contribution in [-0.2, 0) is 4.79 Å². The lowest BCUT2D eigenvalue weighted by molar-refractivity contribution is -0.146. The van der Waals surface area contributed by atoms with Gasteiger partial charge in [-0.1, -0.05) is 0 Å². The van der Waals surface area contributed by atoms with Crippen molar-refractivity contribution in [1.82, 2.24) is 9.80 Å². The second kappa shape index (κ2) is 5.32. The third-order valence-electron chi connectivity index (χ3n) is 1.97. The van der Waals surface area contributed by atoms with Gasteiger partial charge in [0.2, 0.25) is 0 Å². The molecule has 0 aliphatic rings. The number of aliphatic hydroxyl groups is 1. The second-order valence-electron chi connectivity index (χ2n) is 4.44. The number of carbonyl (C=O) groups is 1. The van der Waals surface area contributed by atoms with E-state index in [2.05, 4.69) is 4.90 Å². The van der Waals surface area contributed by atoms with E-state index in [4.69, 9.17) is 0 Å². The average molecular weight is 202 g/mol. The van der Waals surface area contributed by atoms with Crippen LogP contribution in [0.1, 0.15) is 20.3 Å². The highest BCUT2D eigenvalue weighted by molar-refractivity contribution is 5.83. The van der Waals surface area contributed by atoms with Crippen molar-refractivity contribution in [2.24, 2.45) is 0 Å². The quantitative estimate of drug-likeness (QED) is 0.691. The second-order valence-corrected chi connectivity index (χ2v) is 4.44. The summed E-state index contributed by atoms with van der Waals surface area (Å²) >= 11 is 0. The van der Waals surface area contributed by atoms with Crippen LogP contribution in [-0.4, -0.2) is 60.6 Å². The number of hydrogen-bond donors (Lipinski definition) is 1. The van der Waals surface area contributed by atoms with Gasteiger partial charge in [-0.2, -0.15) is 0 Å². The van der Waals surface area contributed by atoms with Crippen LogP contribution in [0.4, 0.5) is 0 Å². The van der Waals surface area contributed by atoms with Gasteiger partial charge in [-0.05, 0) is 40.9 Å². The maximum absolute atomic E-state index is 11.5. The van der Waals surface area contributed by atoms with E-state index in [1.165, 1.54) is 13.8 Å². The molecule has 1 amide bonds. The minimum absolute atomic E-state index is 0.226. The largest absolute Gasteiger partial charge is 0.381 e. The first kappa shape index (κ1) is 13.4. The number of carbonyl (C=O) groups excluding carboxylic acids is 1. The maximum atomic E-state index is 11.5. The molecule has 4 heteroatoms. The molecule has 4 nitrogen and oxygen atoms in total. The van der Waals surface area contributed by atoms with Crippen LogP contribution in [0.3, 0.4) is 0 Å². The van der Waals surface area contributed by atoms with Crippen molar-refractivity contribution < 1.29 is 9.90 Å². The zero-order valence-electron chi connectivity index (χ0n) is 9.87. The monoisotopic (exact) mass is 202 g/mol. The van der Waals surface area contributed by atoms with Crippen molar-refractivity contribution in [2.75, 3.05) is 34.2 Å². The van der Waals surface area contributed by atoms with Crippen LogP contribution >= 0.6 is 0 Å². The summed E-state index contributed by atoms with van der Waals surface area (Å²) < 4.78 is 0.